The average molecular weight is 340 g/mol. The third kappa shape index (κ3) is 4.94. The zero-order valence-electron chi connectivity index (χ0n) is 14.6. The minimum atomic E-state index is -0.951. The molecule has 1 aromatic rings. The third-order valence-corrected chi connectivity index (χ3v) is 3.55. The highest BCUT2D eigenvalue weighted by molar-refractivity contribution is 5.76. The summed E-state index contributed by atoms with van der Waals surface area (Å²) >= 11 is 0. The van der Waals surface area contributed by atoms with E-state index in [1.807, 2.05) is 0 Å². The number of hydrogen-bond donors (Lipinski definition) is 2. The number of benzene rings is 1. The van der Waals surface area contributed by atoms with Crippen molar-refractivity contribution in [1.29, 1.82) is 0 Å². The first-order valence-electron chi connectivity index (χ1n) is 7.34. The summed E-state index contributed by atoms with van der Waals surface area (Å²) in [7, 11) is 6.10. The molecule has 0 aromatic heterocycles. The molecule has 0 saturated carbocycles. The second-order valence-corrected chi connectivity index (χ2v) is 5.29. The van der Waals surface area contributed by atoms with Crippen molar-refractivity contribution in [2.75, 3.05) is 34.9 Å². The van der Waals surface area contributed by atoms with E-state index >= 15 is 0 Å². The van der Waals surface area contributed by atoms with Crippen molar-refractivity contribution >= 4 is 12.0 Å². The quantitative estimate of drug-likeness (QED) is 0.746. The highest BCUT2D eigenvalue weighted by Gasteiger charge is 2.19. The zero-order chi connectivity index (χ0) is 18.3. The summed E-state index contributed by atoms with van der Waals surface area (Å²) < 4.78 is 15.8. The Labute approximate surface area is 141 Å². The van der Waals surface area contributed by atoms with Crippen LogP contribution in [-0.2, 0) is 11.3 Å². The van der Waals surface area contributed by atoms with Gasteiger partial charge in [-0.25, -0.2) is 4.79 Å². The Morgan fingerprint density at radius 2 is 1.71 bits per heavy atom. The summed E-state index contributed by atoms with van der Waals surface area (Å²) in [6.07, 6.45) is 0. The number of carbonyl (C=O) groups is 2. The number of nitrogens with one attached hydrogen (secondary N) is 1. The van der Waals surface area contributed by atoms with Crippen LogP contribution in [0.15, 0.2) is 12.1 Å². The summed E-state index contributed by atoms with van der Waals surface area (Å²) in [5.41, 5.74) is 0.661. The van der Waals surface area contributed by atoms with Crippen molar-refractivity contribution in [3.8, 4) is 17.2 Å². The van der Waals surface area contributed by atoms with E-state index in [0.717, 1.165) is 0 Å². The van der Waals surface area contributed by atoms with Crippen LogP contribution in [0.2, 0.25) is 0 Å². The summed E-state index contributed by atoms with van der Waals surface area (Å²) in [6, 6.07) is 3.00. The molecule has 0 aliphatic carbocycles. The molecule has 1 unspecified atom stereocenters. The maximum atomic E-state index is 12.1. The van der Waals surface area contributed by atoms with E-state index in [9.17, 15) is 9.59 Å². The predicted molar refractivity (Wildman–Crippen MR) is 87.8 cm³/mol. The van der Waals surface area contributed by atoms with Gasteiger partial charge in [0.05, 0.1) is 39.4 Å². The van der Waals surface area contributed by atoms with E-state index in [1.165, 1.54) is 33.3 Å². The first kappa shape index (κ1) is 19.4. The van der Waals surface area contributed by atoms with Gasteiger partial charge in [-0.3, -0.25) is 4.79 Å². The fourth-order valence-electron chi connectivity index (χ4n) is 2.12. The molecular formula is C16H24N2O6. The predicted octanol–water partition coefficient (Wildman–Crippen LogP) is 1.57. The van der Waals surface area contributed by atoms with Crippen LogP contribution in [0.25, 0.3) is 0 Å². The van der Waals surface area contributed by atoms with Gasteiger partial charge in [0.1, 0.15) is 17.2 Å². The summed E-state index contributed by atoms with van der Waals surface area (Å²) in [5, 5.41) is 11.6. The van der Waals surface area contributed by atoms with E-state index in [0.29, 0.717) is 22.8 Å². The molecule has 0 bridgehead atoms. The molecular weight excluding hydrogens is 316 g/mol. The number of amides is 2. The molecule has 24 heavy (non-hydrogen) atoms. The lowest BCUT2D eigenvalue weighted by Crippen LogP contribution is -2.40. The van der Waals surface area contributed by atoms with Crippen molar-refractivity contribution in [3.05, 3.63) is 17.7 Å². The van der Waals surface area contributed by atoms with Crippen LogP contribution in [0.5, 0.6) is 17.2 Å². The Kier molecular flexibility index (Phi) is 7.16. The largest absolute Gasteiger partial charge is 0.496 e. The highest BCUT2D eigenvalue weighted by Crippen LogP contribution is 2.33. The summed E-state index contributed by atoms with van der Waals surface area (Å²) in [6.45, 7) is 1.82. The normalized spacial score (nSPS) is 11.4. The molecule has 0 radical (unpaired) electrons. The van der Waals surface area contributed by atoms with Crippen LogP contribution in [0.4, 0.5) is 4.79 Å². The highest BCUT2D eigenvalue weighted by atomic mass is 16.5. The van der Waals surface area contributed by atoms with E-state index in [1.54, 1.807) is 19.1 Å². The molecule has 1 atom stereocenters. The molecule has 0 aliphatic heterocycles. The molecule has 8 nitrogen and oxygen atoms in total. The smallest absolute Gasteiger partial charge is 0.317 e. The Morgan fingerprint density at radius 1 is 1.17 bits per heavy atom. The maximum absolute atomic E-state index is 12.1. The van der Waals surface area contributed by atoms with Crippen molar-refractivity contribution in [3.63, 3.8) is 0 Å². The van der Waals surface area contributed by atoms with Gasteiger partial charge in [-0.1, -0.05) is 6.92 Å². The Hall–Kier alpha value is -2.64. The van der Waals surface area contributed by atoms with Crippen molar-refractivity contribution < 1.29 is 28.9 Å². The number of carbonyl (C=O) groups excluding carboxylic acids is 1. The minimum Gasteiger partial charge on any atom is -0.496 e. The Morgan fingerprint density at radius 3 is 2.12 bits per heavy atom. The number of ether oxygens (including phenoxy) is 3. The number of aliphatic carboxylic acids is 1. The fourth-order valence-corrected chi connectivity index (χ4v) is 2.12. The van der Waals surface area contributed by atoms with E-state index < -0.39 is 11.9 Å². The number of nitrogens with zero attached hydrogens (tertiary/aromatic N) is 1. The number of carboxylic acid groups (broad SMARTS) is 1. The van der Waals surface area contributed by atoms with Gasteiger partial charge in [-0.05, 0) is 0 Å². The summed E-state index contributed by atoms with van der Waals surface area (Å²) in [4.78, 5) is 24.3. The Balaban J connectivity index is 2.82. The lowest BCUT2D eigenvalue weighted by Gasteiger charge is -2.21. The SMILES string of the molecule is COc1cc(OC)c(CNC(=O)N(C)CC(C)C(=O)O)c(OC)c1. The molecule has 0 spiro atoms. The van der Waals surface area contributed by atoms with Crippen LogP contribution in [0, 0.1) is 5.92 Å². The van der Waals surface area contributed by atoms with E-state index in [2.05, 4.69) is 5.32 Å². The molecule has 1 rings (SSSR count). The molecule has 2 N–H and O–H groups in total. The van der Waals surface area contributed by atoms with Crippen LogP contribution < -0.4 is 19.5 Å². The average Bonchev–Trinajstić information content (AvgIpc) is 2.58. The zero-order valence-corrected chi connectivity index (χ0v) is 14.6. The lowest BCUT2D eigenvalue weighted by atomic mass is 10.1. The number of hydrogen-bond acceptors (Lipinski definition) is 5. The number of urea groups is 1. The van der Waals surface area contributed by atoms with Gasteiger partial charge in [0.2, 0.25) is 0 Å². The van der Waals surface area contributed by atoms with Crippen LogP contribution >= 0.6 is 0 Å². The van der Waals surface area contributed by atoms with Gasteiger partial charge in [-0.2, -0.15) is 0 Å². The molecule has 0 aliphatic rings. The molecule has 0 saturated heterocycles. The summed E-state index contributed by atoms with van der Waals surface area (Å²) in [5.74, 6) is 0.0197. The lowest BCUT2D eigenvalue weighted by molar-refractivity contribution is -0.141. The number of methoxy groups -OCH3 is 3. The molecule has 0 heterocycles. The maximum Gasteiger partial charge on any atom is 0.317 e. The van der Waals surface area contributed by atoms with Crippen molar-refractivity contribution in [2.45, 2.75) is 13.5 Å². The van der Waals surface area contributed by atoms with Gasteiger partial charge in [0, 0.05) is 25.7 Å². The second kappa shape index (κ2) is 8.85. The molecule has 8 heteroatoms. The minimum absolute atomic E-state index is 0.109. The van der Waals surface area contributed by atoms with Gasteiger partial charge in [0.15, 0.2) is 0 Å². The standard InChI is InChI=1S/C16H24N2O6/c1-10(15(19)20)9-18(2)16(21)17-8-12-13(23-4)6-11(22-3)7-14(12)24-5/h6-7,10H,8-9H2,1-5H3,(H,17,21)(H,19,20). The van der Waals surface area contributed by atoms with Crippen LogP contribution in [0.3, 0.4) is 0 Å². The third-order valence-electron chi connectivity index (χ3n) is 3.55. The first-order chi connectivity index (χ1) is 11.3. The van der Waals surface area contributed by atoms with Crippen LogP contribution in [-0.4, -0.2) is 56.9 Å². The topological polar surface area (TPSA) is 97.3 Å². The van der Waals surface area contributed by atoms with Gasteiger partial charge in [0.25, 0.3) is 0 Å². The second-order valence-electron chi connectivity index (χ2n) is 5.29. The van der Waals surface area contributed by atoms with Gasteiger partial charge in [-0.15, -0.1) is 0 Å². The van der Waals surface area contributed by atoms with Gasteiger partial charge >= 0.3 is 12.0 Å². The molecule has 1 aromatic carbocycles. The monoisotopic (exact) mass is 340 g/mol. The van der Waals surface area contributed by atoms with Crippen molar-refractivity contribution in [1.82, 2.24) is 10.2 Å². The molecule has 134 valence electrons. The van der Waals surface area contributed by atoms with Gasteiger partial charge < -0.3 is 29.5 Å². The fraction of sp³-hybridized carbons (Fsp3) is 0.500. The molecule has 2 amide bonds. The number of carboxylic acids is 1. The van der Waals surface area contributed by atoms with E-state index in [-0.39, 0.29) is 19.1 Å². The Bertz CT molecular complexity index is 565. The van der Waals surface area contributed by atoms with E-state index in [4.69, 9.17) is 19.3 Å². The van der Waals surface area contributed by atoms with Crippen molar-refractivity contribution in [2.24, 2.45) is 5.92 Å². The van der Waals surface area contributed by atoms with Crippen LogP contribution in [0.1, 0.15) is 12.5 Å². The number of rotatable bonds is 8. The first-order valence-corrected chi connectivity index (χ1v) is 7.34. The molecule has 0 fully saturated rings.